The number of amides is 1. The van der Waals surface area contributed by atoms with Gasteiger partial charge in [0.1, 0.15) is 5.69 Å². The zero-order valence-corrected chi connectivity index (χ0v) is 14.5. The van der Waals surface area contributed by atoms with Crippen molar-refractivity contribution in [3.05, 3.63) is 18.0 Å². The first kappa shape index (κ1) is 18.9. The molecule has 0 aromatic carbocycles. The van der Waals surface area contributed by atoms with E-state index in [1.54, 1.807) is 30.8 Å². The number of carbonyl (C=O) groups excluding carboxylic acids is 3. The SMILES string of the molecule is CCOC(=O)C(NC(=O)c1ccn(C2CCCNC2)n1)C(=O)OCC. The van der Waals surface area contributed by atoms with Crippen molar-refractivity contribution in [1.82, 2.24) is 20.4 Å². The van der Waals surface area contributed by atoms with Crippen molar-refractivity contribution < 1.29 is 23.9 Å². The molecule has 1 amide bonds. The molecule has 0 radical (unpaired) electrons. The third-order valence-electron chi connectivity index (χ3n) is 3.81. The quantitative estimate of drug-likeness (QED) is 0.526. The van der Waals surface area contributed by atoms with Crippen LogP contribution in [0, 0.1) is 0 Å². The fourth-order valence-corrected chi connectivity index (χ4v) is 2.59. The highest BCUT2D eigenvalue weighted by molar-refractivity contribution is 6.05. The second-order valence-electron chi connectivity index (χ2n) is 5.59. The molecule has 1 atom stereocenters. The van der Waals surface area contributed by atoms with Gasteiger partial charge in [0.25, 0.3) is 5.91 Å². The third kappa shape index (κ3) is 5.02. The molecule has 1 fully saturated rings. The summed E-state index contributed by atoms with van der Waals surface area (Å²) in [6, 6.07) is 0.229. The first-order valence-corrected chi connectivity index (χ1v) is 8.46. The molecule has 1 aromatic rings. The Labute approximate surface area is 146 Å². The monoisotopic (exact) mass is 352 g/mol. The Morgan fingerprint density at radius 2 is 2.00 bits per heavy atom. The van der Waals surface area contributed by atoms with Gasteiger partial charge in [0.15, 0.2) is 0 Å². The van der Waals surface area contributed by atoms with Crippen LogP contribution in [0.1, 0.15) is 43.2 Å². The molecule has 9 heteroatoms. The van der Waals surface area contributed by atoms with Crippen molar-refractivity contribution in [2.45, 2.75) is 38.8 Å². The van der Waals surface area contributed by atoms with E-state index in [2.05, 4.69) is 15.7 Å². The summed E-state index contributed by atoms with van der Waals surface area (Å²) in [6.07, 6.45) is 3.74. The van der Waals surface area contributed by atoms with E-state index in [4.69, 9.17) is 9.47 Å². The molecule has 1 aliphatic rings. The number of piperidine rings is 1. The fraction of sp³-hybridized carbons (Fsp3) is 0.625. The van der Waals surface area contributed by atoms with E-state index >= 15 is 0 Å². The lowest BCUT2D eigenvalue weighted by atomic mass is 10.1. The van der Waals surface area contributed by atoms with Crippen LogP contribution in [-0.4, -0.2) is 60.0 Å². The summed E-state index contributed by atoms with van der Waals surface area (Å²) in [5.74, 6) is -2.34. The summed E-state index contributed by atoms with van der Waals surface area (Å²) in [5, 5.41) is 9.88. The smallest absolute Gasteiger partial charge is 0.340 e. The van der Waals surface area contributed by atoms with Crippen LogP contribution >= 0.6 is 0 Å². The zero-order valence-electron chi connectivity index (χ0n) is 14.5. The maximum atomic E-state index is 12.4. The number of carbonyl (C=O) groups is 3. The molecule has 0 bridgehead atoms. The van der Waals surface area contributed by atoms with Crippen molar-refractivity contribution in [3.63, 3.8) is 0 Å². The van der Waals surface area contributed by atoms with Gasteiger partial charge in [-0.15, -0.1) is 0 Å². The molecule has 0 saturated carbocycles. The van der Waals surface area contributed by atoms with Crippen LogP contribution in [0.25, 0.3) is 0 Å². The molecule has 2 N–H and O–H groups in total. The summed E-state index contributed by atoms with van der Waals surface area (Å²) in [5.41, 5.74) is 0.129. The van der Waals surface area contributed by atoms with Crippen LogP contribution < -0.4 is 10.6 Å². The van der Waals surface area contributed by atoms with E-state index in [1.165, 1.54) is 0 Å². The van der Waals surface area contributed by atoms with Crippen LogP contribution in [0.4, 0.5) is 0 Å². The van der Waals surface area contributed by atoms with E-state index < -0.39 is 23.9 Å². The number of rotatable bonds is 7. The Hall–Kier alpha value is -2.42. The lowest BCUT2D eigenvalue weighted by molar-refractivity contribution is -0.157. The number of hydrogen-bond acceptors (Lipinski definition) is 7. The Bertz CT molecular complexity index is 591. The average Bonchev–Trinajstić information content (AvgIpc) is 3.11. The van der Waals surface area contributed by atoms with Gasteiger partial charge >= 0.3 is 11.9 Å². The molecule has 1 unspecified atom stereocenters. The van der Waals surface area contributed by atoms with Gasteiger partial charge in [0, 0.05) is 12.7 Å². The molecule has 2 rings (SSSR count). The highest BCUT2D eigenvalue weighted by Crippen LogP contribution is 2.15. The lowest BCUT2D eigenvalue weighted by Gasteiger charge is -2.22. The highest BCUT2D eigenvalue weighted by atomic mass is 16.6. The number of nitrogens with one attached hydrogen (secondary N) is 2. The van der Waals surface area contributed by atoms with Gasteiger partial charge in [-0.2, -0.15) is 5.10 Å². The Morgan fingerprint density at radius 3 is 2.56 bits per heavy atom. The van der Waals surface area contributed by atoms with E-state index in [1.807, 2.05) is 0 Å². The third-order valence-corrected chi connectivity index (χ3v) is 3.81. The molecule has 0 spiro atoms. The first-order chi connectivity index (χ1) is 12.1. The Balaban J connectivity index is 2.05. The van der Waals surface area contributed by atoms with Crippen LogP contribution in [-0.2, 0) is 19.1 Å². The van der Waals surface area contributed by atoms with Crippen LogP contribution in [0.2, 0.25) is 0 Å². The summed E-state index contributed by atoms with van der Waals surface area (Å²) in [6.45, 7) is 5.17. The number of esters is 2. The van der Waals surface area contributed by atoms with Gasteiger partial charge in [-0.25, -0.2) is 9.59 Å². The van der Waals surface area contributed by atoms with Gasteiger partial charge in [-0.05, 0) is 39.3 Å². The van der Waals surface area contributed by atoms with E-state index in [0.29, 0.717) is 0 Å². The van der Waals surface area contributed by atoms with Gasteiger partial charge < -0.3 is 20.1 Å². The number of aromatic nitrogens is 2. The molecule has 1 aliphatic heterocycles. The number of hydrogen-bond donors (Lipinski definition) is 2. The average molecular weight is 352 g/mol. The van der Waals surface area contributed by atoms with Gasteiger partial charge in [-0.3, -0.25) is 9.48 Å². The molecule has 1 saturated heterocycles. The minimum Gasteiger partial charge on any atom is -0.464 e. The van der Waals surface area contributed by atoms with Crippen LogP contribution in [0.15, 0.2) is 12.3 Å². The minimum atomic E-state index is -1.51. The molecule has 1 aromatic heterocycles. The predicted molar refractivity (Wildman–Crippen MR) is 87.9 cm³/mol. The Kier molecular flexibility index (Phi) is 6.93. The molecule has 25 heavy (non-hydrogen) atoms. The van der Waals surface area contributed by atoms with Crippen molar-refractivity contribution in [2.24, 2.45) is 0 Å². The first-order valence-electron chi connectivity index (χ1n) is 8.46. The second kappa shape index (κ2) is 9.16. The second-order valence-corrected chi connectivity index (χ2v) is 5.59. The van der Waals surface area contributed by atoms with E-state index in [0.717, 1.165) is 25.9 Å². The summed E-state index contributed by atoms with van der Waals surface area (Å²) >= 11 is 0. The maximum absolute atomic E-state index is 12.4. The van der Waals surface area contributed by atoms with E-state index in [-0.39, 0.29) is 24.9 Å². The lowest BCUT2D eigenvalue weighted by Crippen LogP contribution is -2.48. The molecule has 2 heterocycles. The molecule has 0 aliphatic carbocycles. The largest absolute Gasteiger partial charge is 0.464 e. The van der Waals surface area contributed by atoms with Crippen LogP contribution in [0.3, 0.4) is 0 Å². The molecule has 138 valence electrons. The number of nitrogens with zero attached hydrogens (tertiary/aromatic N) is 2. The van der Waals surface area contributed by atoms with Crippen molar-refractivity contribution in [1.29, 1.82) is 0 Å². The number of ether oxygens (including phenoxy) is 2. The normalized spacial score (nSPS) is 17.2. The van der Waals surface area contributed by atoms with Crippen molar-refractivity contribution in [2.75, 3.05) is 26.3 Å². The Morgan fingerprint density at radius 1 is 1.32 bits per heavy atom. The van der Waals surface area contributed by atoms with Crippen molar-refractivity contribution in [3.8, 4) is 0 Å². The summed E-state index contributed by atoms with van der Waals surface area (Å²) < 4.78 is 11.4. The zero-order chi connectivity index (χ0) is 18.2. The predicted octanol–water partition coefficient (Wildman–Crippen LogP) is 0.0322. The molecular formula is C16H24N4O5. The van der Waals surface area contributed by atoms with Crippen LogP contribution in [0.5, 0.6) is 0 Å². The fourth-order valence-electron chi connectivity index (χ4n) is 2.59. The van der Waals surface area contributed by atoms with Gasteiger partial charge in [0.05, 0.1) is 19.3 Å². The highest BCUT2D eigenvalue weighted by Gasteiger charge is 2.32. The standard InChI is InChI=1S/C16H24N4O5/c1-3-24-15(22)13(16(23)25-4-2)18-14(21)12-7-9-20(19-12)11-6-5-8-17-10-11/h7,9,11,13,17H,3-6,8,10H2,1-2H3,(H,18,21). The van der Waals surface area contributed by atoms with E-state index in [9.17, 15) is 14.4 Å². The topological polar surface area (TPSA) is 112 Å². The van der Waals surface area contributed by atoms with Gasteiger partial charge in [-0.1, -0.05) is 0 Å². The van der Waals surface area contributed by atoms with Gasteiger partial charge in [0.2, 0.25) is 6.04 Å². The minimum absolute atomic E-state index is 0.0912. The summed E-state index contributed by atoms with van der Waals surface area (Å²) in [4.78, 5) is 36.2. The van der Waals surface area contributed by atoms with Crippen molar-refractivity contribution >= 4 is 17.8 Å². The summed E-state index contributed by atoms with van der Waals surface area (Å²) in [7, 11) is 0. The molecule has 9 nitrogen and oxygen atoms in total. The molecular weight excluding hydrogens is 328 g/mol. The maximum Gasteiger partial charge on any atom is 0.340 e.